The summed E-state index contributed by atoms with van der Waals surface area (Å²) in [7, 11) is 0. The van der Waals surface area contributed by atoms with Crippen molar-refractivity contribution in [3.8, 4) is 0 Å². The Hall–Kier alpha value is -1.56. The van der Waals surface area contributed by atoms with Crippen molar-refractivity contribution >= 4 is 34.9 Å². The molecular formula is C18H8F26N2S3. The molecule has 1 rings (SSSR count). The second-order valence-electron chi connectivity index (χ2n) is 9.03. The van der Waals surface area contributed by atoms with Crippen LogP contribution in [0, 0.1) is 0 Å². The highest BCUT2D eigenvalue weighted by Gasteiger charge is 2.92. The number of alkyl halides is 26. The molecular weight excluding hydrogens is 834 g/mol. The number of halogens is 26. The summed E-state index contributed by atoms with van der Waals surface area (Å²) in [6, 6.07) is 0. The fourth-order valence-corrected chi connectivity index (χ4v) is 5.94. The maximum atomic E-state index is 13.8. The second kappa shape index (κ2) is 13.1. The van der Waals surface area contributed by atoms with Crippen LogP contribution in [0.15, 0.2) is 8.68 Å². The van der Waals surface area contributed by atoms with Gasteiger partial charge in [-0.2, -0.15) is 114 Å². The molecule has 31 heteroatoms. The van der Waals surface area contributed by atoms with Crippen LogP contribution in [0.3, 0.4) is 0 Å². The molecule has 0 saturated carbocycles. The number of hydrogen-bond acceptors (Lipinski definition) is 5. The molecule has 0 saturated heterocycles. The summed E-state index contributed by atoms with van der Waals surface area (Å²) in [5, 5.41) is 5.94. The van der Waals surface area contributed by atoms with Crippen LogP contribution in [-0.4, -0.2) is 93.3 Å². The molecule has 49 heavy (non-hydrogen) atoms. The average Bonchev–Trinajstić information content (AvgIpc) is 3.33. The molecule has 0 bridgehead atoms. The lowest BCUT2D eigenvalue weighted by Crippen LogP contribution is -2.70. The molecule has 0 aliphatic heterocycles. The lowest BCUT2D eigenvalue weighted by Gasteiger charge is -2.39. The minimum absolute atomic E-state index is 0.0649. The number of nitrogens with zero attached hydrogens (tertiary/aromatic N) is 2. The minimum atomic E-state index is -8.16. The summed E-state index contributed by atoms with van der Waals surface area (Å²) >= 11 is -0.645. The van der Waals surface area contributed by atoms with E-state index in [1.165, 1.54) is 0 Å². The first-order chi connectivity index (χ1) is 21.2. The van der Waals surface area contributed by atoms with E-state index >= 15 is 0 Å². The Labute approximate surface area is 264 Å². The molecule has 0 amide bonds. The fraction of sp³-hybridized carbons (Fsp3) is 0.889. The molecule has 0 aromatic carbocycles. The van der Waals surface area contributed by atoms with E-state index in [1.54, 1.807) is 0 Å². The summed E-state index contributed by atoms with van der Waals surface area (Å²) < 4.78 is 339. The quantitative estimate of drug-likeness (QED) is 0.122. The first-order valence-corrected chi connectivity index (χ1v) is 13.9. The van der Waals surface area contributed by atoms with Crippen LogP contribution < -0.4 is 0 Å². The van der Waals surface area contributed by atoms with E-state index in [4.69, 9.17) is 0 Å². The molecule has 1 aromatic heterocycles. The minimum Gasteiger partial charge on any atom is -0.200 e. The van der Waals surface area contributed by atoms with Gasteiger partial charge in [-0.25, -0.2) is 0 Å². The maximum Gasteiger partial charge on any atom is 0.460 e. The van der Waals surface area contributed by atoms with Gasteiger partial charge in [0.15, 0.2) is 8.68 Å². The highest BCUT2D eigenvalue weighted by molar-refractivity contribution is 8.03. The van der Waals surface area contributed by atoms with Gasteiger partial charge in [0.05, 0.1) is 0 Å². The van der Waals surface area contributed by atoms with E-state index in [2.05, 4.69) is 10.2 Å². The summed E-state index contributed by atoms with van der Waals surface area (Å²) in [4.78, 5) is 0. The SMILES string of the molecule is FC(F)(F)C(F)(F)C(F)(F)C(F)(F)C(F)(F)C(F)(F)CCSc1nnc(SCCC(F)(F)C(F)(F)C(F)(F)C(F)(F)C(F)(F)C(F)(F)F)s1. The van der Waals surface area contributed by atoms with E-state index in [-0.39, 0.29) is 34.9 Å². The van der Waals surface area contributed by atoms with Crippen LogP contribution in [0.25, 0.3) is 0 Å². The maximum absolute atomic E-state index is 13.8. The number of rotatable bonds is 16. The zero-order valence-electron chi connectivity index (χ0n) is 21.8. The molecule has 0 unspecified atom stereocenters. The Morgan fingerprint density at radius 3 is 0.796 bits per heavy atom. The highest BCUT2D eigenvalue weighted by Crippen LogP contribution is 2.62. The van der Waals surface area contributed by atoms with Crippen LogP contribution in [0.2, 0.25) is 0 Å². The van der Waals surface area contributed by atoms with Gasteiger partial charge in [-0.05, 0) is 0 Å². The van der Waals surface area contributed by atoms with Crippen molar-refractivity contribution < 1.29 is 114 Å². The lowest BCUT2D eigenvalue weighted by molar-refractivity contribution is -0.439. The molecule has 0 aliphatic carbocycles. The smallest absolute Gasteiger partial charge is 0.200 e. The van der Waals surface area contributed by atoms with Crippen molar-refractivity contribution in [3.63, 3.8) is 0 Å². The average molecular weight is 842 g/mol. The molecule has 290 valence electrons. The third kappa shape index (κ3) is 7.39. The molecule has 0 spiro atoms. The van der Waals surface area contributed by atoms with Crippen LogP contribution in [0.4, 0.5) is 114 Å². The zero-order chi connectivity index (χ0) is 39.5. The number of hydrogen-bond donors (Lipinski definition) is 0. The van der Waals surface area contributed by atoms with Gasteiger partial charge in [0, 0.05) is 24.3 Å². The van der Waals surface area contributed by atoms with Crippen molar-refractivity contribution in [3.05, 3.63) is 0 Å². The number of thioether (sulfide) groups is 2. The Morgan fingerprint density at radius 1 is 0.347 bits per heavy atom. The van der Waals surface area contributed by atoms with Crippen molar-refractivity contribution in [2.24, 2.45) is 0 Å². The zero-order valence-corrected chi connectivity index (χ0v) is 24.2. The summed E-state index contributed by atoms with van der Waals surface area (Å²) in [6.45, 7) is 0. The monoisotopic (exact) mass is 842 g/mol. The van der Waals surface area contributed by atoms with Gasteiger partial charge in [0.25, 0.3) is 0 Å². The van der Waals surface area contributed by atoms with Gasteiger partial charge in [0.1, 0.15) is 0 Å². The van der Waals surface area contributed by atoms with Gasteiger partial charge < -0.3 is 0 Å². The third-order valence-electron chi connectivity index (χ3n) is 5.67. The summed E-state index contributed by atoms with van der Waals surface area (Å²) in [6.07, 6.45) is -20.7. The summed E-state index contributed by atoms with van der Waals surface area (Å²) in [5.41, 5.74) is 0. The molecule has 0 radical (unpaired) electrons. The second-order valence-corrected chi connectivity index (χ2v) is 12.7. The van der Waals surface area contributed by atoms with Crippen LogP contribution in [0.1, 0.15) is 12.8 Å². The third-order valence-corrected chi connectivity index (χ3v) is 8.86. The molecule has 0 aliphatic rings. The Balaban J connectivity index is 2.99. The van der Waals surface area contributed by atoms with Gasteiger partial charge in [0.2, 0.25) is 0 Å². The number of aromatic nitrogens is 2. The molecule has 0 atom stereocenters. The van der Waals surface area contributed by atoms with E-state index in [9.17, 15) is 114 Å². The van der Waals surface area contributed by atoms with E-state index < -0.39 is 105 Å². The highest BCUT2D eigenvalue weighted by atomic mass is 32.2. The van der Waals surface area contributed by atoms with Crippen LogP contribution in [-0.2, 0) is 0 Å². The van der Waals surface area contributed by atoms with Crippen molar-refractivity contribution in [2.45, 2.75) is 93.1 Å². The molecule has 1 heterocycles. The van der Waals surface area contributed by atoms with Gasteiger partial charge in [-0.1, -0.05) is 34.9 Å². The van der Waals surface area contributed by atoms with Gasteiger partial charge in [-0.15, -0.1) is 10.2 Å². The van der Waals surface area contributed by atoms with Gasteiger partial charge >= 0.3 is 71.6 Å². The fourth-order valence-electron chi connectivity index (χ4n) is 2.76. The van der Waals surface area contributed by atoms with Gasteiger partial charge in [-0.3, -0.25) is 0 Å². The molecule has 1 aromatic rings. The predicted molar refractivity (Wildman–Crippen MR) is 112 cm³/mol. The topological polar surface area (TPSA) is 25.8 Å². The Kier molecular flexibility index (Phi) is 12.2. The Bertz CT molecular complexity index is 1190. The predicted octanol–water partition coefficient (Wildman–Crippen LogP) is 11.0. The lowest BCUT2D eigenvalue weighted by atomic mass is 9.93. The molecule has 0 N–H and O–H groups in total. The standard InChI is InChI=1S/C18H8F26N2S3/c19-7(20,9(23,24)11(27,28)13(31,32)15(35,36)17(39,40)41)1-3-47-5-45-46-6(49-5)48-4-2-8(21,22)10(25,26)12(29,30)14(33,34)16(37,38)18(42,43)44/h1-4H2. The normalized spacial score (nSPS) is 16.0. The Morgan fingerprint density at radius 2 is 0.571 bits per heavy atom. The van der Waals surface area contributed by atoms with Crippen molar-refractivity contribution in [2.75, 3.05) is 11.5 Å². The van der Waals surface area contributed by atoms with E-state index in [0.717, 1.165) is 0 Å². The van der Waals surface area contributed by atoms with Crippen molar-refractivity contribution in [1.82, 2.24) is 10.2 Å². The van der Waals surface area contributed by atoms with Crippen molar-refractivity contribution in [1.29, 1.82) is 0 Å². The van der Waals surface area contributed by atoms with E-state index in [1.807, 2.05) is 0 Å². The summed E-state index contributed by atoms with van der Waals surface area (Å²) in [5.74, 6) is -79.9. The van der Waals surface area contributed by atoms with Crippen LogP contribution >= 0.6 is 34.9 Å². The van der Waals surface area contributed by atoms with Crippen LogP contribution in [0.5, 0.6) is 0 Å². The first kappa shape index (κ1) is 45.5. The molecule has 2 nitrogen and oxygen atoms in total. The van der Waals surface area contributed by atoms with E-state index in [0.29, 0.717) is 0 Å². The first-order valence-electron chi connectivity index (χ1n) is 11.2. The largest absolute Gasteiger partial charge is 0.460 e. The molecule has 0 fully saturated rings.